The highest BCUT2D eigenvalue weighted by Crippen LogP contribution is 2.34. The number of nitrogens with one attached hydrogen (secondary N) is 1. The van der Waals surface area contributed by atoms with Gasteiger partial charge < -0.3 is 14.8 Å². The molecule has 0 saturated heterocycles. The summed E-state index contributed by atoms with van der Waals surface area (Å²) in [6.07, 6.45) is 0. The molecule has 0 fully saturated rings. The molecule has 0 radical (unpaired) electrons. The summed E-state index contributed by atoms with van der Waals surface area (Å²) in [6.45, 7) is 6.82. The van der Waals surface area contributed by atoms with Crippen LogP contribution in [0.2, 0.25) is 0 Å². The third-order valence-electron chi connectivity index (χ3n) is 5.39. The van der Waals surface area contributed by atoms with Crippen molar-refractivity contribution in [3.05, 3.63) is 77.1 Å². The Morgan fingerprint density at radius 2 is 1.61 bits per heavy atom. The number of rotatable bonds is 6. The molecule has 5 heteroatoms. The summed E-state index contributed by atoms with van der Waals surface area (Å²) in [5.74, 6) is 2.79. The first-order chi connectivity index (χ1) is 15.0. The Balaban J connectivity index is 1.65. The number of aromatic nitrogens is 2. The van der Waals surface area contributed by atoms with E-state index in [9.17, 15) is 0 Å². The van der Waals surface area contributed by atoms with Crippen molar-refractivity contribution in [3.8, 4) is 22.6 Å². The van der Waals surface area contributed by atoms with E-state index in [0.717, 1.165) is 16.7 Å². The van der Waals surface area contributed by atoms with Crippen molar-refractivity contribution in [1.82, 2.24) is 9.97 Å². The zero-order valence-corrected chi connectivity index (χ0v) is 18.6. The van der Waals surface area contributed by atoms with Gasteiger partial charge in [0.2, 0.25) is 0 Å². The van der Waals surface area contributed by atoms with E-state index in [4.69, 9.17) is 9.47 Å². The molecule has 3 aromatic carbocycles. The largest absolute Gasteiger partial charge is 0.493 e. The molecule has 1 N–H and O–H groups in total. The summed E-state index contributed by atoms with van der Waals surface area (Å²) in [7, 11) is 3.25. The van der Waals surface area contributed by atoms with Gasteiger partial charge in [0.25, 0.3) is 0 Å². The van der Waals surface area contributed by atoms with Crippen LogP contribution in [0.15, 0.2) is 54.6 Å². The van der Waals surface area contributed by atoms with Crippen molar-refractivity contribution >= 4 is 16.7 Å². The lowest BCUT2D eigenvalue weighted by molar-refractivity contribution is 0.356. The third kappa shape index (κ3) is 4.31. The summed E-state index contributed by atoms with van der Waals surface area (Å²) < 4.78 is 10.9. The normalized spacial score (nSPS) is 10.9. The number of hydrogen-bond donors (Lipinski definition) is 1. The van der Waals surface area contributed by atoms with Crippen LogP contribution in [0.1, 0.15) is 22.5 Å². The summed E-state index contributed by atoms with van der Waals surface area (Å²) in [5, 5.41) is 4.39. The van der Waals surface area contributed by atoms with Gasteiger partial charge in [0, 0.05) is 18.0 Å². The van der Waals surface area contributed by atoms with Gasteiger partial charge in [0.05, 0.1) is 19.7 Å². The maximum atomic E-state index is 5.47. The number of nitrogens with zero attached hydrogens (tertiary/aromatic N) is 2. The molecule has 0 atom stereocenters. The Bertz CT molecular complexity index is 1250. The van der Waals surface area contributed by atoms with Crippen molar-refractivity contribution < 1.29 is 9.47 Å². The maximum absolute atomic E-state index is 5.47. The molecule has 0 unspecified atom stereocenters. The second-order valence-electron chi connectivity index (χ2n) is 7.72. The average Bonchev–Trinajstić information content (AvgIpc) is 2.76. The number of aryl methyl sites for hydroxylation is 3. The second kappa shape index (κ2) is 8.64. The Morgan fingerprint density at radius 1 is 0.839 bits per heavy atom. The molecule has 1 aromatic heterocycles. The molecule has 31 heavy (non-hydrogen) atoms. The van der Waals surface area contributed by atoms with E-state index >= 15 is 0 Å². The molecule has 0 amide bonds. The van der Waals surface area contributed by atoms with Gasteiger partial charge in [0.15, 0.2) is 11.5 Å². The van der Waals surface area contributed by atoms with Crippen LogP contribution in [0.5, 0.6) is 11.5 Å². The molecule has 0 aliphatic carbocycles. The highest BCUT2D eigenvalue weighted by Gasteiger charge is 2.12. The Kier molecular flexibility index (Phi) is 5.76. The van der Waals surface area contributed by atoms with Crippen LogP contribution in [0.4, 0.5) is 5.82 Å². The fourth-order valence-electron chi connectivity index (χ4n) is 3.88. The van der Waals surface area contributed by atoms with Crippen molar-refractivity contribution in [2.45, 2.75) is 27.3 Å². The molecule has 4 rings (SSSR count). The lowest BCUT2D eigenvalue weighted by Gasteiger charge is -2.14. The van der Waals surface area contributed by atoms with Gasteiger partial charge >= 0.3 is 0 Å². The molecule has 0 bridgehead atoms. The van der Waals surface area contributed by atoms with E-state index in [1.54, 1.807) is 14.2 Å². The fourth-order valence-corrected chi connectivity index (χ4v) is 3.88. The topological polar surface area (TPSA) is 56.3 Å². The molecule has 5 nitrogen and oxygen atoms in total. The molecule has 0 spiro atoms. The van der Waals surface area contributed by atoms with Crippen LogP contribution in [-0.4, -0.2) is 24.2 Å². The first kappa shape index (κ1) is 20.7. The number of hydrogen-bond acceptors (Lipinski definition) is 5. The summed E-state index contributed by atoms with van der Waals surface area (Å²) in [4.78, 5) is 9.19. The van der Waals surface area contributed by atoms with Crippen LogP contribution in [0.3, 0.4) is 0 Å². The van der Waals surface area contributed by atoms with Gasteiger partial charge in [-0.2, -0.15) is 0 Å². The van der Waals surface area contributed by atoms with E-state index < -0.39 is 0 Å². The van der Waals surface area contributed by atoms with E-state index in [1.807, 2.05) is 19.1 Å². The first-order valence-corrected chi connectivity index (χ1v) is 10.3. The summed E-state index contributed by atoms with van der Waals surface area (Å²) in [6, 6.07) is 19.0. The molecule has 0 aliphatic rings. The van der Waals surface area contributed by atoms with Gasteiger partial charge in [-0.25, -0.2) is 9.97 Å². The number of anilines is 1. The Hall–Kier alpha value is -3.60. The fraction of sp³-hybridized carbons (Fsp3) is 0.231. The third-order valence-corrected chi connectivity index (χ3v) is 5.39. The molecule has 4 aromatic rings. The predicted octanol–water partition coefficient (Wildman–Crippen LogP) is 5.85. The second-order valence-corrected chi connectivity index (χ2v) is 7.72. The summed E-state index contributed by atoms with van der Waals surface area (Å²) >= 11 is 0. The van der Waals surface area contributed by atoms with Crippen LogP contribution in [0.25, 0.3) is 22.0 Å². The van der Waals surface area contributed by atoms with Crippen LogP contribution in [-0.2, 0) is 6.54 Å². The quantitative estimate of drug-likeness (QED) is 0.430. The predicted molar refractivity (Wildman–Crippen MR) is 126 cm³/mol. The Labute approximate surface area is 183 Å². The van der Waals surface area contributed by atoms with Gasteiger partial charge in [0.1, 0.15) is 11.6 Å². The Morgan fingerprint density at radius 3 is 2.35 bits per heavy atom. The smallest absolute Gasteiger partial charge is 0.162 e. The molecular weight excluding hydrogens is 386 g/mol. The van der Waals surface area contributed by atoms with Crippen molar-refractivity contribution in [2.24, 2.45) is 0 Å². The highest BCUT2D eigenvalue weighted by molar-refractivity contribution is 5.91. The molecule has 0 saturated carbocycles. The molecule has 0 aliphatic heterocycles. The minimum atomic E-state index is 0.651. The lowest BCUT2D eigenvalue weighted by Crippen LogP contribution is -2.05. The molecular formula is C26H27N3O2. The zero-order valence-electron chi connectivity index (χ0n) is 18.6. The molecule has 1 heterocycles. The summed E-state index contributed by atoms with van der Waals surface area (Å²) in [5.41, 5.74) is 7.03. The lowest BCUT2D eigenvalue weighted by atomic mass is 9.97. The first-order valence-electron chi connectivity index (χ1n) is 10.3. The van der Waals surface area contributed by atoms with E-state index in [1.165, 1.54) is 27.8 Å². The zero-order chi connectivity index (χ0) is 22.0. The highest BCUT2D eigenvalue weighted by atomic mass is 16.5. The minimum Gasteiger partial charge on any atom is -0.493 e. The monoisotopic (exact) mass is 413 g/mol. The minimum absolute atomic E-state index is 0.651. The standard InChI is InChI=1S/C26H27N3O2/c1-16-9-10-21(17(2)11-16)20-8-6-7-19(12-20)15-27-26-22-13-24(30-4)25(31-5)14-23(22)28-18(3)29-26/h6-14H,15H2,1-5H3,(H,27,28,29). The van der Waals surface area contributed by atoms with Crippen molar-refractivity contribution in [2.75, 3.05) is 19.5 Å². The number of ether oxygens (including phenoxy) is 2. The van der Waals surface area contributed by atoms with Gasteiger partial charge in [-0.05, 0) is 55.2 Å². The van der Waals surface area contributed by atoms with Crippen molar-refractivity contribution in [1.29, 1.82) is 0 Å². The van der Waals surface area contributed by atoms with Gasteiger partial charge in [-0.1, -0.05) is 42.0 Å². The van der Waals surface area contributed by atoms with Crippen molar-refractivity contribution in [3.63, 3.8) is 0 Å². The maximum Gasteiger partial charge on any atom is 0.162 e. The molecule has 158 valence electrons. The number of benzene rings is 3. The number of methoxy groups -OCH3 is 2. The number of fused-ring (bicyclic) bond motifs is 1. The van der Waals surface area contributed by atoms with E-state index in [-0.39, 0.29) is 0 Å². The van der Waals surface area contributed by atoms with E-state index in [0.29, 0.717) is 23.9 Å². The van der Waals surface area contributed by atoms with Crippen LogP contribution < -0.4 is 14.8 Å². The SMILES string of the molecule is COc1cc2nc(C)nc(NCc3cccc(-c4ccc(C)cc4C)c3)c2cc1OC. The average molecular weight is 414 g/mol. The van der Waals surface area contributed by atoms with E-state index in [2.05, 4.69) is 71.6 Å². The van der Waals surface area contributed by atoms with Gasteiger partial charge in [-0.3, -0.25) is 0 Å². The van der Waals surface area contributed by atoms with Crippen LogP contribution in [0, 0.1) is 20.8 Å². The van der Waals surface area contributed by atoms with Crippen LogP contribution >= 0.6 is 0 Å². The van der Waals surface area contributed by atoms with Gasteiger partial charge in [-0.15, -0.1) is 0 Å².